The number of methoxy groups -OCH3 is 3. The molecule has 4 rings (SSSR count). The zero-order chi connectivity index (χ0) is 28.1. The lowest BCUT2D eigenvalue weighted by molar-refractivity contribution is -0.139. The van der Waals surface area contributed by atoms with Crippen LogP contribution in [0.4, 0.5) is 0 Å². The fourth-order valence-electron chi connectivity index (χ4n) is 4.75. The zero-order valence-electron chi connectivity index (χ0n) is 22.6. The van der Waals surface area contributed by atoms with E-state index in [9.17, 15) is 4.79 Å². The molecule has 39 heavy (non-hydrogen) atoms. The standard InChI is InChI=1S/C27H35Cl2N5O5/c1-6-22(35)34-13-19(14-34)39-8-7-33-12-18(23-24(28)20(37-4)10-21(38-5)25(23)29)9-17-11-30-27(32-26(17)33)31-16(2)15-36-3/h6,10-12,16,19,26H,1,7-9,13-15H2,2-5H3,(H2,30,31,32)/t16?,26-/m1/s1. The number of allylic oxidation sites excluding steroid dienone is 1. The number of guanidine groups is 1. The number of benzene rings is 1. The van der Waals surface area contributed by atoms with Crippen molar-refractivity contribution in [1.82, 2.24) is 20.4 Å². The van der Waals surface area contributed by atoms with Gasteiger partial charge in [-0.15, -0.1) is 0 Å². The molecule has 1 aromatic rings. The van der Waals surface area contributed by atoms with Crippen molar-refractivity contribution in [1.29, 1.82) is 0 Å². The fourth-order valence-corrected chi connectivity index (χ4v) is 5.50. The van der Waals surface area contributed by atoms with Crippen LogP contribution in [0.3, 0.4) is 0 Å². The third-order valence-corrected chi connectivity index (χ3v) is 7.51. The van der Waals surface area contributed by atoms with Gasteiger partial charge in [-0.05, 0) is 24.1 Å². The number of likely N-dealkylation sites (tertiary alicyclic amines) is 1. The number of nitrogens with one attached hydrogen (secondary N) is 2. The highest BCUT2D eigenvalue weighted by Crippen LogP contribution is 2.46. The molecule has 0 saturated carbocycles. The summed E-state index contributed by atoms with van der Waals surface area (Å²) in [4.78, 5) is 20.2. The molecular formula is C27H35Cl2N5O5. The Labute approximate surface area is 239 Å². The van der Waals surface area contributed by atoms with Crippen molar-refractivity contribution < 1.29 is 23.7 Å². The van der Waals surface area contributed by atoms with Gasteiger partial charge in [0.1, 0.15) is 17.7 Å². The van der Waals surface area contributed by atoms with E-state index in [2.05, 4.69) is 27.1 Å². The molecule has 0 bridgehead atoms. The number of aliphatic imine (C=N–C) groups is 1. The largest absolute Gasteiger partial charge is 0.495 e. The van der Waals surface area contributed by atoms with Crippen LogP contribution in [-0.2, 0) is 14.3 Å². The van der Waals surface area contributed by atoms with Gasteiger partial charge in [0.2, 0.25) is 5.91 Å². The Hall–Kier alpha value is -2.92. The van der Waals surface area contributed by atoms with Crippen LogP contribution in [0.1, 0.15) is 18.9 Å². The molecule has 3 aliphatic rings. The number of carbonyl (C=O) groups excluding carboxylic acids is 1. The molecule has 12 heteroatoms. The maximum atomic E-state index is 11.7. The van der Waals surface area contributed by atoms with Crippen LogP contribution in [0.25, 0.3) is 5.57 Å². The van der Waals surface area contributed by atoms with Crippen molar-refractivity contribution >= 4 is 40.6 Å². The van der Waals surface area contributed by atoms with E-state index in [0.717, 1.165) is 11.1 Å². The minimum absolute atomic E-state index is 0.00307. The van der Waals surface area contributed by atoms with Gasteiger partial charge >= 0.3 is 0 Å². The first-order valence-corrected chi connectivity index (χ1v) is 13.4. The molecule has 1 fully saturated rings. The topological polar surface area (TPSA) is 96.9 Å². The number of fused-ring (bicyclic) bond motifs is 1. The van der Waals surface area contributed by atoms with E-state index in [-0.39, 0.29) is 24.2 Å². The average Bonchev–Trinajstić information content (AvgIpc) is 2.90. The van der Waals surface area contributed by atoms with Crippen molar-refractivity contribution in [3.05, 3.63) is 52.3 Å². The number of hydrogen-bond acceptors (Lipinski definition) is 9. The van der Waals surface area contributed by atoms with Gasteiger partial charge in [-0.3, -0.25) is 4.79 Å². The van der Waals surface area contributed by atoms with Gasteiger partial charge in [0.15, 0.2) is 5.96 Å². The molecule has 1 saturated heterocycles. The molecule has 10 nitrogen and oxygen atoms in total. The molecule has 212 valence electrons. The highest BCUT2D eigenvalue weighted by atomic mass is 35.5. The van der Waals surface area contributed by atoms with Gasteiger partial charge < -0.3 is 39.4 Å². The number of carbonyl (C=O) groups is 1. The molecule has 3 heterocycles. The number of amides is 1. The summed E-state index contributed by atoms with van der Waals surface area (Å²) in [6.45, 7) is 8.26. The highest BCUT2D eigenvalue weighted by molar-refractivity contribution is 6.39. The normalized spacial score (nSPS) is 19.5. The molecule has 1 unspecified atom stereocenters. The van der Waals surface area contributed by atoms with Gasteiger partial charge in [-0.1, -0.05) is 29.8 Å². The Bertz CT molecular complexity index is 1150. The third-order valence-electron chi connectivity index (χ3n) is 6.76. The van der Waals surface area contributed by atoms with Crippen LogP contribution in [0.5, 0.6) is 11.5 Å². The smallest absolute Gasteiger partial charge is 0.246 e. The Balaban J connectivity index is 1.58. The van der Waals surface area contributed by atoms with Gasteiger partial charge in [-0.2, -0.15) is 0 Å². The summed E-state index contributed by atoms with van der Waals surface area (Å²) in [6.07, 6.45) is 5.64. The number of nitrogens with zero attached hydrogens (tertiary/aromatic N) is 3. The lowest BCUT2D eigenvalue weighted by atomic mass is 9.93. The SMILES string of the molecule is C=CC(=O)N1CC(OCCN2C=C(c3c(Cl)c(OC)cc(OC)c3Cl)CC3=CN=C(NC(C)COC)N[C@@H]32)C1. The minimum Gasteiger partial charge on any atom is -0.495 e. The third kappa shape index (κ3) is 6.46. The summed E-state index contributed by atoms with van der Waals surface area (Å²) in [5.74, 6) is 1.53. The maximum absolute atomic E-state index is 11.7. The average molecular weight is 581 g/mol. The Morgan fingerprint density at radius 3 is 2.56 bits per heavy atom. The molecule has 0 radical (unpaired) electrons. The van der Waals surface area contributed by atoms with Crippen LogP contribution in [0.2, 0.25) is 10.0 Å². The maximum Gasteiger partial charge on any atom is 0.246 e. The molecule has 2 N–H and O–H groups in total. The summed E-state index contributed by atoms with van der Waals surface area (Å²) in [5, 5.41) is 7.67. The summed E-state index contributed by atoms with van der Waals surface area (Å²) in [5.41, 5.74) is 2.59. The summed E-state index contributed by atoms with van der Waals surface area (Å²) in [7, 11) is 4.78. The molecule has 0 aromatic heterocycles. The van der Waals surface area contributed by atoms with E-state index in [1.165, 1.54) is 6.08 Å². The summed E-state index contributed by atoms with van der Waals surface area (Å²) in [6, 6.07) is 1.75. The number of hydrogen-bond donors (Lipinski definition) is 2. The molecule has 3 aliphatic heterocycles. The Morgan fingerprint density at radius 2 is 1.95 bits per heavy atom. The number of halogens is 2. The Morgan fingerprint density at radius 1 is 1.26 bits per heavy atom. The monoisotopic (exact) mass is 579 g/mol. The predicted molar refractivity (Wildman–Crippen MR) is 152 cm³/mol. The molecule has 1 aromatic carbocycles. The lowest BCUT2D eigenvalue weighted by Crippen LogP contribution is -2.57. The van der Waals surface area contributed by atoms with Crippen molar-refractivity contribution in [2.75, 3.05) is 54.2 Å². The van der Waals surface area contributed by atoms with E-state index in [1.54, 1.807) is 32.3 Å². The first-order chi connectivity index (χ1) is 18.8. The van der Waals surface area contributed by atoms with Gasteiger partial charge in [0.25, 0.3) is 0 Å². The zero-order valence-corrected chi connectivity index (χ0v) is 24.1. The van der Waals surface area contributed by atoms with Crippen LogP contribution in [0.15, 0.2) is 41.7 Å². The first kappa shape index (κ1) is 29.1. The second-order valence-corrected chi connectivity index (χ2v) is 10.3. The van der Waals surface area contributed by atoms with E-state index < -0.39 is 0 Å². The quantitative estimate of drug-likeness (QED) is 0.386. The summed E-state index contributed by atoms with van der Waals surface area (Å²) < 4.78 is 22.3. The van der Waals surface area contributed by atoms with Crippen LogP contribution in [0, 0.1) is 0 Å². The first-order valence-electron chi connectivity index (χ1n) is 12.7. The van der Waals surface area contributed by atoms with Crippen molar-refractivity contribution in [3.63, 3.8) is 0 Å². The minimum atomic E-state index is -0.155. The molecular weight excluding hydrogens is 545 g/mol. The predicted octanol–water partition coefficient (Wildman–Crippen LogP) is 3.26. The van der Waals surface area contributed by atoms with Crippen molar-refractivity contribution in [2.45, 2.75) is 31.7 Å². The summed E-state index contributed by atoms with van der Waals surface area (Å²) >= 11 is 13.5. The molecule has 1 amide bonds. The highest BCUT2D eigenvalue weighted by Gasteiger charge is 2.34. The second kappa shape index (κ2) is 13.0. The van der Waals surface area contributed by atoms with E-state index in [0.29, 0.717) is 72.3 Å². The van der Waals surface area contributed by atoms with Crippen molar-refractivity contribution in [3.8, 4) is 11.5 Å². The van der Waals surface area contributed by atoms with E-state index in [1.807, 2.05) is 19.3 Å². The van der Waals surface area contributed by atoms with Crippen LogP contribution < -0.4 is 20.1 Å². The second-order valence-electron chi connectivity index (χ2n) is 9.52. The van der Waals surface area contributed by atoms with Gasteiger partial charge in [0.05, 0.1) is 43.6 Å². The number of ether oxygens (including phenoxy) is 4. The fraction of sp³-hybridized carbons (Fsp3) is 0.481. The van der Waals surface area contributed by atoms with Crippen LogP contribution in [-0.4, -0.2) is 94.2 Å². The van der Waals surface area contributed by atoms with E-state index >= 15 is 0 Å². The molecule has 0 spiro atoms. The lowest BCUT2D eigenvalue weighted by Gasteiger charge is -2.41. The molecule has 2 atom stereocenters. The Kier molecular flexibility index (Phi) is 9.66. The molecule has 0 aliphatic carbocycles. The van der Waals surface area contributed by atoms with Crippen LogP contribution >= 0.6 is 23.2 Å². The van der Waals surface area contributed by atoms with Gasteiger partial charge in [0, 0.05) is 63.2 Å². The van der Waals surface area contributed by atoms with Crippen molar-refractivity contribution in [2.24, 2.45) is 4.99 Å². The van der Waals surface area contributed by atoms with E-state index in [4.69, 9.17) is 42.1 Å². The van der Waals surface area contributed by atoms with Gasteiger partial charge in [-0.25, -0.2) is 4.99 Å². The number of rotatable bonds is 11.